The second kappa shape index (κ2) is 5.79. The molecule has 1 aliphatic rings. The van der Waals surface area contributed by atoms with Crippen molar-refractivity contribution in [3.8, 4) is 0 Å². The summed E-state index contributed by atoms with van der Waals surface area (Å²) in [5, 5.41) is 17.3. The number of fused-ring (bicyclic) bond motifs is 1. The summed E-state index contributed by atoms with van der Waals surface area (Å²) in [4.78, 5) is 15.9. The largest absolute Gasteiger partial charge is 0.478 e. The predicted molar refractivity (Wildman–Crippen MR) is 77.6 cm³/mol. The molecular formula is C14H19N5O2. The SMILES string of the molecule is CN1CCN(CCc2nnc3c(C(=O)O)cccn23)CC1. The fourth-order valence-electron chi connectivity index (χ4n) is 2.63. The van der Waals surface area contributed by atoms with E-state index in [-0.39, 0.29) is 5.56 Å². The van der Waals surface area contributed by atoms with Crippen LogP contribution in [-0.4, -0.2) is 75.2 Å². The van der Waals surface area contributed by atoms with Gasteiger partial charge in [0.25, 0.3) is 0 Å². The van der Waals surface area contributed by atoms with Crippen molar-refractivity contribution in [2.75, 3.05) is 39.8 Å². The van der Waals surface area contributed by atoms with Gasteiger partial charge >= 0.3 is 5.97 Å². The fraction of sp³-hybridized carbons (Fsp3) is 0.500. The number of pyridine rings is 1. The lowest BCUT2D eigenvalue weighted by atomic mass is 10.2. The van der Waals surface area contributed by atoms with Crippen LogP contribution in [0.2, 0.25) is 0 Å². The van der Waals surface area contributed by atoms with E-state index in [4.69, 9.17) is 5.11 Å². The highest BCUT2D eigenvalue weighted by Gasteiger charge is 2.16. The van der Waals surface area contributed by atoms with Gasteiger partial charge in [0.2, 0.25) is 0 Å². The Bertz CT molecular complexity index is 646. The lowest BCUT2D eigenvalue weighted by molar-refractivity contribution is 0.0698. The molecule has 0 aliphatic carbocycles. The number of rotatable bonds is 4. The third-order valence-electron chi connectivity index (χ3n) is 3.98. The molecule has 21 heavy (non-hydrogen) atoms. The van der Waals surface area contributed by atoms with Gasteiger partial charge in [-0.25, -0.2) is 4.79 Å². The summed E-state index contributed by atoms with van der Waals surface area (Å²) in [6, 6.07) is 3.27. The molecule has 1 saturated heterocycles. The van der Waals surface area contributed by atoms with Gasteiger partial charge < -0.3 is 14.9 Å². The first kappa shape index (κ1) is 14.0. The molecule has 0 radical (unpaired) electrons. The van der Waals surface area contributed by atoms with Crippen LogP contribution in [0.3, 0.4) is 0 Å². The molecule has 3 rings (SSSR count). The van der Waals surface area contributed by atoms with Gasteiger partial charge in [0, 0.05) is 45.3 Å². The van der Waals surface area contributed by atoms with Crippen molar-refractivity contribution in [1.29, 1.82) is 0 Å². The molecule has 3 heterocycles. The van der Waals surface area contributed by atoms with Crippen LogP contribution in [0, 0.1) is 0 Å². The number of carbonyl (C=O) groups is 1. The van der Waals surface area contributed by atoms with E-state index in [2.05, 4.69) is 27.0 Å². The van der Waals surface area contributed by atoms with E-state index in [9.17, 15) is 4.79 Å². The first-order valence-corrected chi connectivity index (χ1v) is 7.12. The minimum Gasteiger partial charge on any atom is -0.478 e. The van der Waals surface area contributed by atoms with E-state index >= 15 is 0 Å². The van der Waals surface area contributed by atoms with E-state index in [1.54, 1.807) is 16.5 Å². The van der Waals surface area contributed by atoms with Crippen molar-refractivity contribution in [2.24, 2.45) is 0 Å². The summed E-state index contributed by atoms with van der Waals surface area (Å²) < 4.78 is 1.78. The highest BCUT2D eigenvalue weighted by Crippen LogP contribution is 2.11. The Labute approximate surface area is 122 Å². The molecule has 0 aromatic carbocycles. The van der Waals surface area contributed by atoms with Crippen molar-refractivity contribution < 1.29 is 9.90 Å². The van der Waals surface area contributed by atoms with Crippen LogP contribution in [0.25, 0.3) is 5.65 Å². The number of carboxylic acids is 1. The van der Waals surface area contributed by atoms with Gasteiger partial charge in [0.15, 0.2) is 5.65 Å². The summed E-state index contributed by atoms with van der Waals surface area (Å²) in [7, 11) is 2.14. The topological polar surface area (TPSA) is 74.0 Å². The maximum Gasteiger partial charge on any atom is 0.339 e. The number of aromatic carboxylic acids is 1. The molecule has 2 aromatic heterocycles. The Hall–Kier alpha value is -1.99. The van der Waals surface area contributed by atoms with Crippen LogP contribution in [0.5, 0.6) is 0 Å². The zero-order valence-corrected chi connectivity index (χ0v) is 12.1. The first-order chi connectivity index (χ1) is 10.1. The Balaban J connectivity index is 1.73. The third-order valence-corrected chi connectivity index (χ3v) is 3.98. The lowest BCUT2D eigenvalue weighted by Crippen LogP contribution is -2.45. The number of hydrogen-bond acceptors (Lipinski definition) is 5. The van der Waals surface area contributed by atoms with Crippen LogP contribution in [0.4, 0.5) is 0 Å². The minimum atomic E-state index is -0.974. The molecule has 0 spiro atoms. The molecule has 1 aliphatic heterocycles. The van der Waals surface area contributed by atoms with Gasteiger partial charge in [0.1, 0.15) is 11.4 Å². The van der Waals surface area contributed by atoms with Gasteiger partial charge in [-0.05, 0) is 19.2 Å². The number of hydrogen-bond donors (Lipinski definition) is 1. The number of aromatic nitrogens is 3. The molecule has 7 nitrogen and oxygen atoms in total. The summed E-state index contributed by atoms with van der Waals surface area (Å²) in [6.45, 7) is 5.22. The van der Waals surface area contributed by atoms with E-state index in [1.165, 1.54) is 0 Å². The van der Waals surface area contributed by atoms with Gasteiger partial charge in [0.05, 0.1) is 0 Å². The van der Waals surface area contributed by atoms with Crippen molar-refractivity contribution in [3.63, 3.8) is 0 Å². The molecule has 1 fully saturated rings. The van der Waals surface area contributed by atoms with E-state index in [0.717, 1.165) is 45.0 Å². The average Bonchev–Trinajstić information content (AvgIpc) is 2.89. The highest BCUT2D eigenvalue weighted by molar-refractivity contribution is 5.94. The fourth-order valence-corrected chi connectivity index (χ4v) is 2.63. The molecule has 0 unspecified atom stereocenters. The lowest BCUT2D eigenvalue weighted by Gasteiger charge is -2.32. The summed E-state index contributed by atoms with van der Waals surface area (Å²) in [5.41, 5.74) is 0.606. The summed E-state index contributed by atoms with van der Waals surface area (Å²) >= 11 is 0. The van der Waals surface area contributed by atoms with Crippen molar-refractivity contribution in [1.82, 2.24) is 24.4 Å². The monoisotopic (exact) mass is 289 g/mol. The molecular weight excluding hydrogens is 270 g/mol. The molecule has 7 heteroatoms. The number of nitrogens with zero attached hydrogens (tertiary/aromatic N) is 5. The number of likely N-dealkylation sites (N-methyl/N-ethyl adjacent to an activating group) is 1. The third kappa shape index (κ3) is 2.88. The van der Waals surface area contributed by atoms with E-state index in [1.807, 2.05) is 6.20 Å². The summed E-state index contributed by atoms with van der Waals surface area (Å²) in [5.74, 6) is -0.161. The van der Waals surface area contributed by atoms with E-state index < -0.39 is 5.97 Å². The first-order valence-electron chi connectivity index (χ1n) is 7.12. The quantitative estimate of drug-likeness (QED) is 0.868. The smallest absolute Gasteiger partial charge is 0.339 e. The molecule has 112 valence electrons. The molecule has 2 aromatic rings. The molecule has 0 bridgehead atoms. The number of piperazine rings is 1. The van der Waals surface area contributed by atoms with Crippen LogP contribution in [0.15, 0.2) is 18.3 Å². The Morgan fingerprint density at radius 2 is 2.05 bits per heavy atom. The van der Waals surface area contributed by atoms with Crippen LogP contribution < -0.4 is 0 Å². The normalized spacial score (nSPS) is 17.4. The van der Waals surface area contributed by atoms with Gasteiger partial charge in [-0.2, -0.15) is 0 Å². The minimum absolute atomic E-state index is 0.191. The highest BCUT2D eigenvalue weighted by atomic mass is 16.4. The summed E-state index contributed by atoms with van der Waals surface area (Å²) in [6.07, 6.45) is 2.59. The maximum atomic E-state index is 11.2. The zero-order chi connectivity index (χ0) is 14.8. The van der Waals surface area contributed by atoms with Gasteiger partial charge in [-0.1, -0.05) is 0 Å². The predicted octanol–water partition coefficient (Wildman–Crippen LogP) is 0.217. The molecule has 0 amide bonds. The van der Waals surface area contributed by atoms with Crippen LogP contribution in [0.1, 0.15) is 16.2 Å². The van der Waals surface area contributed by atoms with Crippen molar-refractivity contribution in [3.05, 3.63) is 29.7 Å². The Kier molecular flexibility index (Phi) is 3.85. The number of carboxylic acid groups (broad SMARTS) is 1. The zero-order valence-electron chi connectivity index (χ0n) is 12.1. The molecule has 1 N–H and O–H groups in total. The molecule has 0 saturated carbocycles. The van der Waals surface area contributed by atoms with Gasteiger partial charge in [-0.15, -0.1) is 10.2 Å². The maximum absolute atomic E-state index is 11.2. The Morgan fingerprint density at radius 1 is 1.29 bits per heavy atom. The van der Waals surface area contributed by atoms with E-state index in [0.29, 0.717) is 5.65 Å². The van der Waals surface area contributed by atoms with Crippen LogP contribution >= 0.6 is 0 Å². The Morgan fingerprint density at radius 3 is 2.76 bits per heavy atom. The second-order valence-electron chi connectivity index (χ2n) is 5.43. The van der Waals surface area contributed by atoms with Crippen molar-refractivity contribution in [2.45, 2.75) is 6.42 Å². The van der Waals surface area contributed by atoms with Gasteiger partial charge in [-0.3, -0.25) is 4.40 Å². The van der Waals surface area contributed by atoms with Crippen molar-refractivity contribution >= 4 is 11.6 Å². The second-order valence-corrected chi connectivity index (χ2v) is 5.43. The molecule has 0 atom stereocenters. The average molecular weight is 289 g/mol. The van der Waals surface area contributed by atoms with Crippen LogP contribution in [-0.2, 0) is 6.42 Å². The standard InChI is InChI=1S/C14H19N5O2/c1-17-7-9-18(10-8-17)6-4-12-15-16-13-11(14(20)21)3-2-5-19(12)13/h2-3,5H,4,6-10H2,1H3,(H,20,21).